The number of anilines is 1. The lowest BCUT2D eigenvalue weighted by Gasteiger charge is -2.19. The van der Waals surface area contributed by atoms with E-state index in [1.54, 1.807) is 25.3 Å². The zero-order valence-electron chi connectivity index (χ0n) is 18.0. The number of nitrogens with one attached hydrogen (secondary N) is 1. The number of aromatic nitrogens is 1. The molecular weight excluding hydrogens is 451 g/mol. The van der Waals surface area contributed by atoms with E-state index in [0.29, 0.717) is 12.5 Å². The lowest BCUT2D eigenvalue weighted by Crippen LogP contribution is -2.34. The number of benzene rings is 2. The molecule has 10 heteroatoms. The van der Waals surface area contributed by atoms with E-state index in [4.69, 9.17) is 4.74 Å². The van der Waals surface area contributed by atoms with Crippen molar-refractivity contribution in [2.75, 3.05) is 4.90 Å². The third kappa shape index (κ3) is 5.28. The predicted molar refractivity (Wildman–Crippen MR) is 116 cm³/mol. The van der Waals surface area contributed by atoms with Gasteiger partial charge in [-0.2, -0.15) is 0 Å². The highest BCUT2D eigenvalue weighted by molar-refractivity contribution is 6.21. The van der Waals surface area contributed by atoms with Crippen molar-refractivity contribution in [3.05, 3.63) is 84.1 Å². The van der Waals surface area contributed by atoms with Gasteiger partial charge in [-0.05, 0) is 41.5 Å². The highest BCUT2D eigenvalue weighted by Gasteiger charge is 2.42. The number of hydrogen-bond acceptors (Lipinski definition) is 5. The van der Waals surface area contributed by atoms with Crippen LogP contribution in [-0.4, -0.2) is 29.3 Å². The van der Waals surface area contributed by atoms with Crippen LogP contribution in [0.2, 0.25) is 0 Å². The maximum Gasteiger partial charge on any atom is 0.573 e. The Balaban J connectivity index is 1.46. The second kappa shape index (κ2) is 9.42. The fourth-order valence-corrected chi connectivity index (χ4v) is 3.59. The molecule has 3 amide bonds. The maximum atomic E-state index is 13.0. The number of pyridine rings is 1. The van der Waals surface area contributed by atoms with Crippen molar-refractivity contribution >= 4 is 17.6 Å². The molecule has 34 heavy (non-hydrogen) atoms. The van der Waals surface area contributed by atoms with Crippen LogP contribution in [0.1, 0.15) is 24.0 Å². The van der Waals surface area contributed by atoms with Gasteiger partial charge in [0.1, 0.15) is 18.4 Å². The third-order valence-corrected chi connectivity index (χ3v) is 5.31. The number of halogens is 3. The zero-order valence-corrected chi connectivity index (χ0v) is 18.0. The molecule has 0 spiro atoms. The number of amides is 3. The molecule has 1 N–H and O–H groups in total. The van der Waals surface area contributed by atoms with Crippen LogP contribution in [0.5, 0.6) is 11.6 Å². The van der Waals surface area contributed by atoms with Crippen LogP contribution in [0.15, 0.2) is 72.9 Å². The summed E-state index contributed by atoms with van der Waals surface area (Å²) in [6.45, 7) is 2.11. The van der Waals surface area contributed by atoms with Gasteiger partial charge in [0.05, 0.1) is 5.69 Å². The molecule has 2 aromatic carbocycles. The summed E-state index contributed by atoms with van der Waals surface area (Å²) in [4.78, 5) is 30.6. The summed E-state index contributed by atoms with van der Waals surface area (Å²) >= 11 is 0. The number of alkyl halides is 3. The SMILES string of the molecule is CC(c1ccnc(OCc2ccccc2)c1)C1NC(=O)N(c2ccc(OC(F)(F)F)cc2)C1=O. The van der Waals surface area contributed by atoms with Crippen LogP contribution in [0.3, 0.4) is 0 Å². The van der Waals surface area contributed by atoms with E-state index in [2.05, 4.69) is 15.0 Å². The summed E-state index contributed by atoms with van der Waals surface area (Å²) in [5, 5.41) is 2.65. The molecule has 2 atom stereocenters. The Kier molecular flexibility index (Phi) is 6.40. The molecule has 176 valence electrons. The van der Waals surface area contributed by atoms with Crippen LogP contribution < -0.4 is 19.7 Å². The highest BCUT2D eigenvalue weighted by Crippen LogP contribution is 2.30. The van der Waals surface area contributed by atoms with E-state index in [1.807, 2.05) is 30.3 Å². The molecule has 0 aliphatic carbocycles. The van der Waals surface area contributed by atoms with Gasteiger partial charge in [0.15, 0.2) is 0 Å². The summed E-state index contributed by atoms with van der Waals surface area (Å²) in [5.74, 6) is -1.02. The van der Waals surface area contributed by atoms with E-state index < -0.39 is 36.0 Å². The first kappa shape index (κ1) is 23.1. The Hall–Kier alpha value is -4.08. The van der Waals surface area contributed by atoms with Crippen LogP contribution in [0, 0.1) is 0 Å². The zero-order chi connectivity index (χ0) is 24.3. The average Bonchev–Trinajstić information content (AvgIpc) is 3.11. The highest BCUT2D eigenvalue weighted by atomic mass is 19.4. The molecule has 1 aliphatic heterocycles. The Labute approximate surface area is 193 Å². The van der Waals surface area contributed by atoms with Crippen molar-refractivity contribution in [1.82, 2.24) is 10.3 Å². The Morgan fingerprint density at radius 1 is 1.06 bits per heavy atom. The third-order valence-electron chi connectivity index (χ3n) is 5.31. The molecule has 0 bridgehead atoms. The van der Waals surface area contributed by atoms with Gasteiger partial charge >= 0.3 is 12.4 Å². The molecule has 2 unspecified atom stereocenters. The lowest BCUT2D eigenvalue weighted by molar-refractivity contribution is -0.274. The van der Waals surface area contributed by atoms with E-state index >= 15 is 0 Å². The van der Waals surface area contributed by atoms with Crippen molar-refractivity contribution in [3.63, 3.8) is 0 Å². The van der Waals surface area contributed by atoms with Crippen molar-refractivity contribution < 1.29 is 32.2 Å². The smallest absolute Gasteiger partial charge is 0.473 e. The van der Waals surface area contributed by atoms with Crippen LogP contribution in [0.4, 0.5) is 23.7 Å². The first-order valence-electron chi connectivity index (χ1n) is 10.3. The van der Waals surface area contributed by atoms with Crippen LogP contribution in [-0.2, 0) is 11.4 Å². The molecule has 1 aliphatic rings. The largest absolute Gasteiger partial charge is 0.573 e. The molecule has 2 heterocycles. The number of ether oxygens (including phenoxy) is 2. The molecule has 1 saturated heterocycles. The van der Waals surface area contributed by atoms with Crippen LogP contribution in [0.25, 0.3) is 0 Å². The molecule has 1 fully saturated rings. The summed E-state index contributed by atoms with van der Waals surface area (Å²) < 4.78 is 46.7. The van der Waals surface area contributed by atoms with Crippen molar-refractivity contribution in [3.8, 4) is 11.6 Å². The van der Waals surface area contributed by atoms with Gasteiger partial charge in [0.25, 0.3) is 5.91 Å². The maximum absolute atomic E-state index is 13.0. The fraction of sp³-hybridized carbons (Fsp3) is 0.208. The predicted octanol–water partition coefficient (Wildman–Crippen LogP) is 4.79. The van der Waals surface area contributed by atoms with E-state index in [9.17, 15) is 22.8 Å². The molecule has 7 nitrogen and oxygen atoms in total. The number of carbonyl (C=O) groups excluding carboxylic acids is 2. The van der Waals surface area contributed by atoms with Gasteiger partial charge in [-0.25, -0.2) is 14.7 Å². The van der Waals surface area contributed by atoms with E-state index in [-0.39, 0.29) is 5.69 Å². The molecule has 3 aromatic rings. The van der Waals surface area contributed by atoms with Gasteiger partial charge in [-0.15, -0.1) is 13.2 Å². The Morgan fingerprint density at radius 3 is 2.44 bits per heavy atom. The van der Waals surface area contributed by atoms with Crippen molar-refractivity contribution in [2.24, 2.45) is 0 Å². The second-order valence-electron chi connectivity index (χ2n) is 7.63. The minimum absolute atomic E-state index is 0.133. The Morgan fingerprint density at radius 2 is 1.76 bits per heavy atom. The van der Waals surface area contributed by atoms with Gasteiger partial charge < -0.3 is 14.8 Å². The standard InChI is InChI=1S/C24H20F3N3O4/c1-15(17-11-12-28-20(13-17)33-14-16-5-3-2-4-6-16)21-22(31)30(23(32)29-21)18-7-9-19(10-8-18)34-24(25,26)27/h2-13,15,21H,14H2,1H3,(H,29,32). The van der Waals surface area contributed by atoms with Crippen molar-refractivity contribution in [2.45, 2.75) is 31.9 Å². The van der Waals surface area contributed by atoms with Gasteiger partial charge in [-0.1, -0.05) is 37.3 Å². The molecule has 1 aromatic heterocycles. The number of imide groups is 1. The lowest BCUT2D eigenvalue weighted by atomic mass is 9.94. The van der Waals surface area contributed by atoms with Gasteiger partial charge in [-0.3, -0.25) is 4.79 Å². The van der Waals surface area contributed by atoms with Gasteiger partial charge in [0, 0.05) is 18.2 Å². The molecular formula is C24H20F3N3O4. The average molecular weight is 471 g/mol. The number of carbonyl (C=O) groups is 2. The second-order valence-corrected chi connectivity index (χ2v) is 7.63. The summed E-state index contributed by atoms with van der Waals surface area (Å²) in [5.41, 5.74) is 1.84. The molecule has 0 radical (unpaired) electrons. The Bertz CT molecular complexity index is 1170. The number of nitrogens with zero attached hydrogens (tertiary/aromatic N) is 2. The molecule has 0 saturated carbocycles. The number of rotatable bonds is 7. The quantitative estimate of drug-likeness (QED) is 0.502. The monoisotopic (exact) mass is 471 g/mol. The fourth-order valence-electron chi connectivity index (χ4n) is 3.59. The van der Waals surface area contributed by atoms with E-state index in [0.717, 1.165) is 28.2 Å². The first-order chi connectivity index (χ1) is 16.2. The summed E-state index contributed by atoms with van der Waals surface area (Å²) in [6.07, 6.45) is -3.28. The minimum atomic E-state index is -4.84. The van der Waals surface area contributed by atoms with Crippen molar-refractivity contribution in [1.29, 1.82) is 0 Å². The van der Waals surface area contributed by atoms with Crippen LogP contribution >= 0.6 is 0 Å². The summed E-state index contributed by atoms with van der Waals surface area (Å²) in [7, 11) is 0. The topological polar surface area (TPSA) is 80.8 Å². The van der Waals surface area contributed by atoms with Gasteiger partial charge in [0.2, 0.25) is 5.88 Å². The normalized spacial score (nSPS) is 16.8. The first-order valence-corrected chi connectivity index (χ1v) is 10.3. The number of hydrogen-bond donors (Lipinski definition) is 1. The number of urea groups is 1. The summed E-state index contributed by atoms with van der Waals surface area (Å²) in [6, 6.07) is 16.0. The molecule has 4 rings (SSSR count). The minimum Gasteiger partial charge on any atom is -0.473 e. The van der Waals surface area contributed by atoms with E-state index in [1.165, 1.54) is 12.1 Å².